The van der Waals surface area contributed by atoms with Crippen molar-refractivity contribution in [1.29, 1.82) is 0 Å². The molecule has 36 heavy (non-hydrogen) atoms. The van der Waals surface area contributed by atoms with Crippen LogP contribution >= 0.6 is 0 Å². The number of carbonyl (C=O) groups excluding carboxylic acids is 2. The smallest absolute Gasteiger partial charge is 0.322 e. The van der Waals surface area contributed by atoms with Crippen molar-refractivity contribution in [3.05, 3.63) is 0 Å². The Kier molecular flexibility index (Phi) is 31.3. The van der Waals surface area contributed by atoms with E-state index in [4.69, 9.17) is 45.0 Å². The normalized spacial score (nSPS) is 10.4. The van der Waals surface area contributed by atoms with Crippen LogP contribution in [-0.2, 0) is 42.8 Å². The molecule has 0 spiro atoms. The number of amides is 2. The van der Waals surface area contributed by atoms with Gasteiger partial charge in [-0.2, -0.15) is 0 Å². The van der Waals surface area contributed by atoms with Crippen LogP contribution < -0.4 is 22.1 Å². The third kappa shape index (κ3) is 34.3. The summed E-state index contributed by atoms with van der Waals surface area (Å²) in [5.41, 5.74) is 10.5. The number of ether oxygens (including phenoxy) is 6. The molecule has 0 fully saturated rings. The molecule has 0 aromatic heterocycles. The highest BCUT2D eigenvalue weighted by molar-refractivity contribution is 5.81. The molecule has 0 aromatic carbocycles. The van der Waals surface area contributed by atoms with Crippen LogP contribution in [0, 0.1) is 0 Å². The monoisotopic (exact) mass is 526 g/mol. The van der Waals surface area contributed by atoms with E-state index in [1.165, 1.54) is 0 Å². The molecule has 0 saturated heterocycles. The fourth-order valence-corrected chi connectivity index (χ4v) is 2.06. The van der Waals surface area contributed by atoms with E-state index in [-0.39, 0.29) is 25.7 Å². The SMILES string of the molecule is CCCCNC(=O)COCCOCCOCCN.NCCOCCOCCOCC(=O)NCC(=O)O. The van der Waals surface area contributed by atoms with Crippen molar-refractivity contribution >= 4 is 17.8 Å². The van der Waals surface area contributed by atoms with Crippen molar-refractivity contribution in [2.45, 2.75) is 19.8 Å². The number of carbonyl (C=O) groups is 3. The minimum atomic E-state index is -1.09. The average Bonchev–Trinajstić information content (AvgIpc) is 2.86. The zero-order valence-corrected chi connectivity index (χ0v) is 21.5. The lowest BCUT2D eigenvalue weighted by Crippen LogP contribution is -2.32. The van der Waals surface area contributed by atoms with E-state index in [2.05, 4.69) is 17.6 Å². The Morgan fingerprint density at radius 3 is 1.42 bits per heavy atom. The second-order valence-electron chi connectivity index (χ2n) is 7.01. The van der Waals surface area contributed by atoms with Crippen molar-refractivity contribution < 1.29 is 47.9 Å². The molecule has 2 amide bonds. The topological polar surface area (TPSA) is 203 Å². The number of nitrogens with one attached hydrogen (secondary N) is 2. The van der Waals surface area contributed by atoms with E-state index in [1.807, 2.05) is 0 Å². The number of unbranched alkanes of at least 4 members (excludes halogenated alkanes) is 1. The van der Waals surface area contributed by atoms with Gasteiger partial charge in [-0.1, -0.05) is 13.3 Å². The largest absolute Gasteiger partial charge is 0.480 e. The quantitative estimate of drug-likeness (QED) is 0.0829. The summed E-state index contributed by atoms with van der Waals surface area (Å²) < 4.78 is 30.7. The van der Waals surface area contributed by atoms with E-state index in [0.717, 1.165) is 12.8 Å². The minimum absolute atomic E-state index is 0.0743. The first-order chi connectivity index (χ1) is 17.5. The summed E-state index contributed by atoms with van der Waals surface area (Å²) in [7, 11) is 0. The van der Waals surface area contributed by atoms with E-state index < -0.39 is 18.4 Å². The predicted molar refractivity (Wildman–Crippen MR) is 132 cm³/mol. The maximum Gasteiger partial charge on any atom is 0.322 e. The van der Waals surface area contributed by atoms with Crippen molar-refractivity contribution in [2.75, 3.05) is 105 Å². The Hall–Kier alpha value is -1.91. The van der Waals surface area contributed by atoms with Gasteiger partial charge in [-0.05, 0) is 6.42 Å². The summed E-state index contributed by atoms with van der Waals surface area (Å²) in [6, 6.07) is 0. The lowest BCUT2D eigenvalue weighted by molar-refractivity contribution is -0.138. The van der Waals surface area contributed by atoms with Crippen LogP contribution in [0.3, 0.4) is 0 Å². The third-order valence-corrected chi connectivity index (χ3v) is 3.77. The molecule has 214 valence electrons. The summed E-state index contributed by atoms with van der Waals surface area (Å²) in [5.74, 6) is -1.64. The molecule has 0 radical (unpaired) electrons. The van der Waals surface area contributed by atoms with Crippen molar-refractivity contribution in [2.24, 2.45) is 11.5 Å². The molecular weight excluding hydrogens is 480 g/mol. The van der Waals surface area contributed by atoms with Gasteiger partial charge in [0.05, 0.1) is 66.1 Å². The molecule has 0 aliphatic heterocycles. The van der Waals surface area contributed by atoms with E-state index >= 15 is 0 Å². The summed E-state index contributed by atoms with van der Waals surface area (Å²) in [6.07, 6.45) is 2.07. The second-order valence-corrected chi connectivity index (χ2v) is 7.01. The second kappa shape index (κ2) is 31.1. The van der Waals surface area contributed by atoms with Gasteiger partial charge in [0, 0.05) is 19.6 Å². The van der Waals surface area contributed by atoms with E-state index in [9.17, 15) is 14.4 Å². The van der Waals surface area contributed by atoms with Gasteiger partial charge in [0.25, 0.3) is 0 Å². The zero-order chi connectivity index (χ0) is 27.1. The predicted octanol–water partition coefficient (Wildman–Crippen LogP) is -1.89. The molecule has 0 aliphatic carbocycles. The summed E-state index contributed by atoms with van der Waals surface area (Å²) >= 11 is 0. The molecule has 0 saturated carbocycles. The highest BCUT2D eigenvalue weighted by atomic mass is 16.5. The van der Waals surface area contributed by atoms with Gasteiger partial charge in [-0.25, -0.2) is 0 Å². The van der Waals surface area contributed by atoms with Gasteiger partial charge in [0.15, 0.2) is 0 Å². The Labute approximate surface area is 213 Å². The molecule has 0 aliphatic rings. The van der Waals surface area contributed by atoms with Crippen LogP contribution in [0.5, 0.6) is 0 Å². The molecule has 0 atom stereocenters. The Morgan fingerprint density at radius 2 is 1.03 bits per heavy atom. The molecule has 0 unspecified atom stereocenters. The zero-order valence-electron chi connectivity index (χ0n) is 21.5. The molecular formula is C22H46N4O10. The van der Waals surface area contributed by atoms with E-state index in [0.29, 0.717) is 79.1 Å². The third-order valence-electron chi connectivity index (χ3n) is 3.77. The number of rotatable bonds is 25. The number of nitrogens with two attached hydrogens (primary N) is 2. The van der Waals surface area contributed by atoms with Gasteiger partial charge in [0.2, 0.25) is 11.8 Å². The molecule has 14 nitrogen and oxygen atoms in total. The number of hydrogen-bond acceptors (Lipinski definition) is 11. The number of hydrogen-bond donors (Lipinski definition) is 5. The summed E-state index contributed by atoms with van der Waals surface area (Å²) in [4.78, 5) is 32.3. The summed E-state index contributed by atoms with van der Waals surface area (Å²) in [5, 5.41) is 13.2. The Balaban J connectivity index is 0. The first-order valence-corrected chi connectivity index (χ1v) is 12.1. The first kappa shape index (κ1) is 36.2. The van der Waals surface area contributed by atoms with Crippen molar-refractivity contribution in [3.63, 3.8) is 0 Å². The van der Waals surface area contributed by atoms with E-state index in [1.54, 1.807) is 0 Å². The Bertz CT molecular complexity index is 515. The lowest BCUT2D eigenvalue weighted by Gasteiger charge is -2.07. The van der Waals surface area contributed by atoms with Gasteiger partial charge in [0.1, 0.15) is 19.8 Å². The highest BCUT2D eigenvalue weighted by Gasteiger charge is 2.03. The standard InChI is InChI=1S/C12H26N2O4.C10H20N2O6/c1-2-3-5-14-12(15)11-18-10-9-17-8-7-16-6-4-13;11-1-2-16-3-4-17-5-6-18-8-9(13)12-7-10(14)15/h2-11,13H2,1H3,(H,14,15);1-8,11H2,(H,12,13)(H,14,15). The van der Waals surface area contributed by atoms with Crippen LogP contribution in [0.2, 0.25) is 0 Å². The van der Waals surface area contributed by atoms with Gasteiger partial charge >= 0.3 is 5.97 Å². The molecule has 0 bridgehead atoms. The van der Waals surface area contributed by atoms with Crippen molar-refractivity contribution in [1.82, 2.24) is 10.6 Å². The number of carboxylic acids is 1. The van der Waals surface area contributed by atoms with Crippen LogP contribution in [0.1, 0.15) is 19.8 Å². The highest BCUT2D eigenvalue weighted by Crippen LogP contribution is 1.84. The molecule has 0 rings (SSSR count). The minimum Gasteiger partial charge on any atom is -0.480 e. The number of aliphatic carboxylic acids is 1. The van der Waals surface area contributed by atoms with Crippen LogP contribution in [0.15, 0.2) is 0 Å². The molecule has 7 N–H and O–H groups in total. The molecule has 0 aromatic rings. The fourth-order valence-electron chi connectivity index (χ4n) is 2.06. The maximum atomic E-state index is 11.2. The number of carboxylic acid groups (broad SMARTS) is 1. The van der Waals surface area contributed by atoms with Gasteiger partial charge in [-0.3, -0.25) is 14.4 Å². The van der Waals surface area contributed by atoms with Gasteiger partial charge < -0.3 is 55.6 Å². The van der Waals surface area contributed by atoms with Crippen molar-refractivity contribution in [3.8, 4) is 0 Å². The van der Waals surface area contributed by atoms with Crippen LogP contribution in [-0.4, -0.2) is 128 Å². The molecule has 0 heterocycles. The molecule has 14 heteroatoms. The maximum absolute atomic E-state index is 11.2. The fraction of sp³-hybridized carbons (Fsp3) is 0.864. The van der Waals surface area contributed by atoms with Gasteiger partial charge in [-0.15, -0.1) is 0 Å². The average molecular weight is 527 g/mol. The van der Waals surface area contributed by atoms with Crippen LogP contribution in [0.4, 0.5) is 0 Å². The Morgan fingerprint density at radius 1 is 0.639 bits per heavy atom. The summed E-state index contributed by atoms with van der Waals surface area (Å²) in [6.45, 7) is 7.82. The first-order valence-electron chi connectivity index (χ1n) is 12.1. The van der Waals surface area contributed by atoms with Crippen LogP contribution in [0.25, 0.3) is 0 Å². The lowest BCUT2D eigenvalue weighted by atomic mass is 10.3.